The summed E-state index contributed by atoms with van der Waals surface area (Å²) >= 11 is 8.64. The molecule has 0 saturated heterocycles. The van der Waals surface area contributed by atoms with E-state index in [-0.39, 0.29) is 11.0 Å². The number of unbranched alkanes of at least 4 members (excludes halogenated alkanes) is 1. The van der Waals surface area contributed by atoms with E-state index in [1.54, 1.807) is 25.3 Å². The average Bonchev–Trinajstić information content (AvgIpc) is 2.63. The summed E-state index contributed by atoms with van der Waals surface area (Å²) in [4.78, 5) is 12.6. The number of amides is 1. The summed E-state index contributed by atoms with van der Waals surface area (Å²) < 4.78 is 11.8. The van der Waals surface area contributed by atoms with Gasteiger partial charge in [-0.15, -0.1) is 0 Å². The number of nitrogens with one attached hydrogen (secondary N) is 2. The van der Waals surface area contributed by atoms with Gasteiger partial charge in [0.25, 0.3) is 5.91 Å². The van der Waals surface area contributed by atoms with E-state index in [0.717, 1.165) is 17.3 Å². The highest BCUT2D eigenvalue weighted by molar-refractivity contribution is 9.10. The fraction of sp³-hybridized carbons (Fsp3) is 0.263. The van der Waals surface area contributed by atoms with Gasteiger partial charge in [0.05, 0.1) is 25.0 Å². The zero-order chi connectivity index (χ0) is 18.9. The lowest BCUT2D eigenvalue weighted by Gasteiger charge is -2.14. The molecule has 0 aliphatic carbocycles. The van der Waals surface area contributed by atoms with Gasteiger partial charge in [0.1, 0.15) is 11.5 Å². The molecule has 0 radical (unpaired) electrons. The largest absolute Gasteiger partial charge is 0.495 e. The van der Waals surface area contributed by atoms with Gasteiger partial charge in [0.15, 0.2) is 5.11 Å². The number of ether oxygens (including phenoxy) is 2. The van der Waals surface area contributed by atoms with Gasteiger partial charge < -0.3 is 14.8 Å². The van der Waals surface area contributed by atoms with Crippen LogP contribution in [0.3, 0.4) is 0 Å². The van der Waals surface area contributed by atoms with Crippen LogP contribution in [0.25, 0.3) is 0 Å². The van der Waals surface area contributed by atoms with Crippen molar-refractivity contribution in [3.63, 3.8) is 0 Å². The van der Waals surface area contributed by atoms with Gasteiger partial charge >= 0.3 is 0 Å². The van der Waals surface area contributed by atoms with Crippen molar-refractivity contribution >= 4 is 44.9 Å². The highest BCUT2D eigenvalue weighted by Crippen LogP contribution is 2.25. The molecule has 5 nitrogen and oxygen atoms in total. The molecule has 2 N–H and O–H groups in total. The summed E-state index contributed by atoms with van der Waals surface area (Å²) in [6.07, 6.45) is 1.94. The molecule has 138 valence electrons. The Morgan fingerprint density at radius 3 is 2.69 bits per heavy atom. The number of hydrogen-bond acceptors (Lipinski definition) is 4. The molecular formula is C19H21BrN2O3S. The quantitative estimate of drug-likeness (QED) is 0.483. The summed E-state index contributed by atoms with van der Waals surface area (Å²) in [5.74, 6) is 0.819. The highest BCUT2D eigenvalue weighted by atomic mass is 79.9. The first kappa shape index (κ1) is 20.2. The molecule has 0 fully saturated rings. The maximum absolute atomic E-state index is 12.6. The van der Waals surface area contributed by atoms with Crippen LogP contribution in [-0.4, -0.2) is 24.7 Å². The molecule has 0 heterocycles. The Morgan fingerprint density at radius 1 is 1.19 bits per heavy atom. The van der Waals surface area contributed by atoms with Crippen LogP contribution in [-0.2, 0) is 0 Å². The van der Waals surface area contributed by atoms with E-state index in [2.05, 4.69) is 33.5 Å². The zero-order valence-electron chi connectivity index (χ0n) is 14.7. The molecule has 2 aromatic carbocycles. The first-order valence-electron chi connectivity index (χ1n) is 8.22. The number of halogens is 1. The van der Waals surface area contributed by atoms with Crippen LogP contribution in [0, 0.1) is 0 Å². The second kappa shape index (κ2) is 10.1. The minimum atomic E-state index is -0.342. The van der Waals surface area contributed by atoms with Crippen LogP contribution in [0.5, 0.6) is 11.5 Å². The van der Waals surface area contributed by atoms with Gasteiger partial charge in [-0.1, -0.05) is 41.4 Å². The molecule has 2 rings (SSSR count). The van der Waals surface area contributed by atoms with E-state index in [1.807, 2.05) is 24.3 Å². The Morgan fingerprint density at radius 2 is 1.96 bits per heavy atom. The third-order valence-electron chi connectivity index (χ3n) is 3.52. The van der Waals surface area contributed by atoms with Crippen LogP contribution in [0.2, 0.25) is 0 Å². The maximum atomic E-state index is 12.6. The van der Waals surface area contributed by atoms with Crippen LogP contribution < -0.4 is 20.1 Å². The molecule has 0 aliphatic rings. The van der Waals surface area contributed by atoms with Crippen molar-refractivity contribution in [1.29, 1.82) is 0 Å². The number of thiocarbonyl (C=S) groups is 1. The number of carbonyl (C=O) groups is 1. The van der Waals surface area contributed by atoms with Crippen LogP contribution in [0.15, 0.2) is 46.9 Å². The molecular weight excluding hydrogens is 416 g/mol. The van der Waals surface area contributed by atoms with E-state index in [0.29, 0.717) is 29.4 Å². The smallest absolute Gasteiger partial charge is 0.261 e. The fourth-order valence-electron chi connectivity index (χ4n) is 2.20. The molecule has 0 bridgehead atoms. The van der Waals surface area contributed by atoms with Gasteiger partial charge in [-0.2, -0.15) is 0 Å². The molecule has 0 aliphatic heterocycles. The Kier molecular flexibility index (Phi) is 7.87. The standard InChI is InChI=1S/C19H21BrN2O3S/c1-3-4-11-25-16-10-9-13(20)12-14(16)18(23)22-19(26)21-15-7-5-6-8-17(15)24-2/h5-10,12H,3-4,11H2,1-2H3,(H2,21,22,23,26). The Bertz CT molecular complexity index is 783. The predicted molar refractivity (Wildman–Crippen MR) is 111 cm³/mol. The average molecular weight is 437 g/mol. The van der Waals surface area contributed by atoms with Gasteiger partial charge in [0, 0.05) is 4.47 Å². The number of rotatable bonds is 7. The van der Waals surface area contributed by atoms with E-state index in [4.69, 9.17) is 21.7 Å². The lowest BCUT2D eigenvalue weighted by Crippen LogP contribution is -2.34. The van der Waals surface area contributed by atoms with Crippen molar-refractivity contribution in [2.24, 2.45) is 0 Å². The topological polar surface area (TPSA) is 59.6 Å². The predicted octanol–water partition coefficient (Wildman–Crippen LogP) is 4.76. The first-order chi connectivity index (χ1) is 12.5. The highest BCUT2D eigenvalue weighted by Gasteiger charge is 2.15. The van der Waals surface area contributed by atoms with E-state index >= 15 is 0 Å². The fourth-order valence-corrected chi connectivity index (χ4v) is 2.77. The van der Waals surface area contributed by atoms with Crippen molar-refractivity contribution in [3.8, 4) is 11.5 Å². The maximum Gasteiger partial charge on any atom is 0.261 e. The van der Waals surface area contributed by atoms with Crippen molar-refractivity contribution in [1.82, 2.24) is 5.32 Å². The molecule has 1 amide bonds. The monoisotopic (exact) mass is 436 g/mol. The summed E-state index contributed by atoms with van der Waals surface area (Å²) in [7, 11) is 1.57. The normalized spacial score (nSPS) is 10.1. The van der Waals surface area contributed by atoms with Gasteiger partial charge in [-0.3, -0.25) is 10.1 Å². The van der Waals surface area contributed by atoms with Gasteiger partial charge in [0.2, 0.25) is 0 Å². The number of benzene rings is 2. The third-order valence-corrected chi connectivity index (χ3v) is 4.22. The van der Waals surface area contributed by atoms with Crippen molar-refractivity contribution in [3.05, 3.63) is 52.5 Å². The molecule has 0 atom stereocenters. The minimum Gasteiger partial charge on any atom is -0.495 e. The number of methoxy groups -OCH3 is 1. The number of carbonyl (C=O) groups excluding carboxylic acids is 1. The summed E-state index contributed by atoms with van der Waals surface area (Å²) in [6.45, 7) is 2.64. The third kappa shape index (κ3) is 5.71. The Balaban J connectivity index is 2.08. The van der Waals surface area contributed by atoms with E-state index < -0.39 is 0 Å². The molecule has 26 heavy (non-hydrogen) atoms. The van der Waals surface area contributed by atoms with Crippen LogP contribution >= 0.6 is 28.1 Å². The molecule has 2 aromatic rings. The summed E-state index contributed by atoms with van der Waals surface area (Å²) in [5, 5.41) is 5.83. The van der Waals surface area contributed by atoms with E-state index in [9.17, 15) is 4.79 Å². The van der Waals surface area contributed by atoms with Crippen LogP contribution in [0.4, 0.5) is 5.69 Å². The lowest BCUT2D eigenvalue weighted by atomic mass is 10.2. The SMILES string of the molecule is CCCCOc1ccc(Br)cc1C(=O)NC(=S)Nc1ccccc1OC. The molecule has 0 spiro atoms. The second-order valence-electron chi connectivity index (χ2n) is 5.45. The van der Waals surface area contributed by atoms with Crippen molar-refractivity contribution in [2.75, 3.05) is 19.0 Å². The number of anilines is 1. The lowest BCUT2D eigenvalue weighted by molar-refractivity contribution is 0.0973. The Hall–Kier alpha value is -2.12. The molecule has 7 heteroatoms. The number of hydrogen-bond donors (Lipinski definition) is 2. The number of para-hydroxylation sites is 2. The van der Waals surface area contributed by atoms with E-state index in [1.165, 1.54) is 0 Å². The summed E-state index contributed by atoms with van der Waals surface area (Å²) in [5.41, 5.74) is 1.09. The second-order valence-corrected chi connectivity index (χ2v) is 6.77. The van der Waals surface area contributed by atoms with Gasteiger partial charge in [-0.25, -0.2) is 0 Å². The van der Waals surface area contributed by atoms with Crippen LogP contribution in [0.1, 0.15) is 30.1 Å². The van der Waals surface area contributed by atoms with Crippen molar-refractivity contribution < 1.29 is 14.3 Å². The van der Waals surface area contributed by atoms with Crippen molar-refractivity contribution in [2.45, 2.75) is 19.8 Å². The first-order valence-corrected chi connectivity index (χ1v) is 9.43. The molecule has 0 aromatic heterocycles. The zero-order valence-corrected chi connectivity index (χ0v) is 17.1. The van der Waals surface area contributed by atoms with Gasteiger partial charge in [-0.05, 0) is 49.0 Å². The summed E-state index contributed by atoms with van der Waals surface area (Å²) in [6, 6.07) is 12.6. The molecule has 0 saturated carbocycles. The Labute approximate surface area is 167 Å². The minimum absolute atomic E-state index is 0.180. The molecule has 0 unspecified atom stereocenters.